The van der Waals surface area contributed by atoms with Gasteiger partial charge in [-0.3, -0.25) is 4.79 Å². The number of amides is 1. The first-order valence-electron chi connectivity index (χ1n) is 5.25. The van der Waals surface area contributed by atoms with E-state index in [1.807, 2.05) is 25.1 Å². The van der Waals surface area contributed by atoms with Gasteiger partial charge in [-0.15, -0.1) is 0 Å². The predicted octanol–water partition coefficient (Wildman–Crippen LogP) is 1.62. The minimum absolute atomic E-state index is 0.0816. The van der Waals surface area contributed by atoms with Gasteiger partial charge in [-0.1, -0.05) is 11.8 Å². The minimum atomic E-state index is -0.0816. The van der Waals surface area contributed by atoms with Crippen molar-refractivity contribution in [2.45, 2.75) is 13.8 Å². The monoisotopic (exact) mass is 228 g/mol. The molecule has 0 unspecified atom stereocenters. The Hall–Kier alpha value is -2.28. The molecule has 1 N–H and O–H groups in total. The van der Waals surface area contributed by atoms with E-state index in [-0.39, 0.29) is 5.91 Å². The minimum Gasteiger partial charge on any atom is -0.441 e. The number of benzene rings is 1. The average molecular weight is 228 g/mol. The van der Waals surface area contributed by atoms with Gasteiger partial charge in [0.2, 0.25) is 5.91 Å². The molecule has 0 aliphatic heterocycles. The zero-order chi connectivity index (χ0) is 12.3. The van der Waals surface area contributed by atoms with Crippen LogP contribution in [0.15, 0.2) is 22.6 Å². The zero-order valence-corrected chi connectivity index (χ0v) is 9.70. The Bertz CT molecular complexity index is 617. The summed E-state index contributed by atoms with van der Waals surface area (Å²) in [5, 5.41) is 2.61. The van der Waals surface area contributed by atoms with Crippen molar-refractivity contribution < 1.29 is 9.21 Å². The van der Waals surface area contributed by atoms with Crippen LogP contribution >= 0.6 is 0 Å². The highest BCUT2D eigenvalue weighted by Gasteiger charge is 2.01. The van der Waals surface area contributed by atoms with Crippen LogP contribution in [-0.4, -0.2) is 17.4 Å². The van der Waals surface area contributed by atoms with Gasteiger partial charge >= 0.3 is 0 Å². The number of carbonyl (C=O) groups excluding carboxylic acids is 1. The first-order valence-corrected chi connectivity index (χ1v) is 5.25. The van der Waals surface area contributed by atoms with Crippen molar-refractivity contribution in [2.24, 2.45) is 0 Å². The van der Waals surface area contributed by atoms with Gasteiger partial charge in [0, 0.05) is 19.4 Å². The number of nitrogens with zero attached hydrogens (tertiary/aromatic N) is 1. The normalized spacial score (nSPS) is 9.76. The van der Waals surface area contributed by atoms with E-state index >= 15 is 0 Å². The first kappa shape index (κ1) is 11.2. The summed E-state index contributed by atoms with van der Waals surface area (Å²) >= 11 is 0. The molecule has 0 radical (unpaired) electrons. The second kappa shape index (κ2) is 4.71. The van der Waals surface area contributed by atoms with Gasteiger partial charge in [-0.25, -0.2) is 4.98 Å². The van der Waals surface area contributed by atoms with Gasteiger partial charge in [0.25, 0.3) is 0 Å². The summed E-state index contributed by atoms with van der Waals surface area (Å²) in [5.74, 6) is 6.38. The van der Waals surface area contributed by atoms with E-state index in [0.29, 0.717) is 12.4 Å². The van der Waals surface area contributed by atoms with Crippen molar-refractivity contribution in [3.63, 3.8) is 0 Å². The first-order chi connectivity index (χ1) is 8.15. The van der Waals surface area contributed by atoms with Crippen molar-refractivity contribution in [3.8, 4) is 11.8 Å². The predicted molar refractivity (Wildman–Crippen MR) is 64.3 cm³/mol. The second-order valence-corrected chi connectivity index (χ2v) is 3.63. The largest absolute Gasteiger partial charge is 0.441 e. The van der Waals surface area contributed by atoms with E-state index in [4.69, 9.17) is 4.42 Å². The number of fused-ring (bicyclic) bond motifs is 1. The van der Waals surface area contributed by atoms with Crippen molar-refractivity contribution in [1.29, 1.82) is 0 Å². The molecule has 1 aromatic carbocycles. The molecule has 1 heterocycles. The Morgan fingerprint density at radius 1 is 1.53 bits per heavy atom. The van der Waals surface area contributed by atoms with Crippen molar-refractivity contribution in [1.82, 2.24) is 10.3 Å². The Balaban J connectivity index is 2.16. The van der Waals surface area contributed by atoms with Crippen LogP contribution in [0.2, 0.25) is 0 Å². The summed E-state index contributed by atoms with van der Waals surface area (Å²) in [7, 11) is 0. The molecule has 2 aromatic rings. The van der Waals surface area contributed by atoms with Crippen LogP contribution in [0.25, 0.3) is 11.1 Å². The maximum atomic E-state index is 10.6. The summed E-state index contributed by atoms with van der Waals surface area (Å²) in [5.41, 5.74) is 2.42. The van der Waals surface area contributed by atoms with E-state index in [1.54, 1.807) is 0 Å². The number of aryl methyl sites for hydroxylation is 1. The molecule has 0 aliphatic rings. The van der Waals surface area contributed by atoms with Crippen LogP contribution in [0.1, 0.15) is 18.4 Å². The van der Waals surface area contributed by atoms with Crippen molar-refractivity contribution in [2.75, 3.05) is 6.54 Å². The molecule has 2 rings (SSSR count). The van der Waals surface area contributed by atoms with Gasteiger partial charge in [0.05, 0.1) is 6.54 Å². The molecule has 0 saturated carbocycles. The molecular formula is C13H12N2O2. The van der Waals surface area contributed by atoms with Crippen LogP contribution in [0.3, 0.4) is 0 Å². The molecule has 0 aliphatic carbocycles. The Morgan fingerprint density at radius 2 is 2.35 bits per heavy atom. The van der Waals surface area contributed by atoms with Crippen molar-refractivity contribution in [3.05, 3.63) is 29.7 Å². The number of hydrogen-bond acceptors (Lipinski definition) is 3. The lowest BCUT2D eigenvalue weighted by Crippen LogP contribution is -2.19. The summed E-state index contributed by atoms with van der Waals surface area (Å²) in [6.07, 6.45) is 0. The van der Waals surface area contributed by atoms with E-state index in [1.165, 1.54) is 6.92 Å². The highest BCUT2D eigenvalue weighted by molar-refractivity contribution is 5.75. The molecule has 86 valence electrons. The molecule has 17 heavy (non-hydrogen) atoms. The van der Waals surface area contributed by atoms with Crippen LogP contribution < -0.4 is 5.32 Å². The lowest BCUT2D eigenvalue weighted by atomic mass is 10.2. The fourth-order valence-corrected chi connectivity index (χ4v) is 1.44. The molecule has 4 heteroatoms. The number of nitrogens with one attached hydrogen (secondary N) is 1. The number of carbonyl (C=O) groups is 1. The molecule has 0 bridgehead atoms. The van der Waals surface area contributed by atoms with Gasteiger partial charge in [-0.05, 0) is 18.2 Å². The molecule has 4 nitrogen and oxygen atoms in total. The number of rotatable bonds is 1. The summed E-state index contributed by atoms with van der Waals surface area (Å²) in [6.45, 7) is 3.62. The number of oxazole rings is 1. The highest BCUT2D eigenvalue weighted by Crippen LogP contribution is 2.15. The lowest BCUT2D eigenvalue weighted by molar-refractivity contribution is -0.118. The van der Waals surface area contributed by atoms with Gasteiger partial charge in [-0.2, -0.15) is 0 Å². The zero-order valence-electron chi connectivity index (χ0n) is 9.70. The number of aromatic nitrogens is 1. The van der Waals surface area contributed by atoms with Gasteiger partial charge < -0.3 is 9.73 Å². The molecule has 0 atom stereocenters. The summed E-state index contributed by atoms with van der Waals surface area (Å²) in [4.78, 5) is 14.9. The van der Waals surface area contributed by atoms with Crippen LogP contribution in [-0.2, 0) is 4.79 Å². The van der Waals surface area contributed by atoms with E-state index in [0.717, 1.165) is 16.7 Å². The lowest BCUT2D eigenvalue weighted by Gasteiger charge is -1.92. The maximum absolute atomic E-state index is 10.6. The Labute approximate surface area is 99.0 Å². The van der Waals surface area contributed by atoms with E-state index in [2.05, 4.69) is 22.1 Å². The van der Waals surface area contributed by atoms with Gasteiger partial charge in [0.15, 0.2) is 11.5 Å². The number of hydrogen-bond donors (Lipinski definition) is 1. The molecule has 0 saturated heterocycles. The van der Waals surface area contributed by atoms with Gasteiger partial charge in [0.1, 0.15) is 5.52 Å². The molecule has 1 aromatic heterocycles. The topological polar surface area (TPSA) is 55.1 Å². The maximum Gasteiger partial charge on any atom is 0.217 e. The smallest absolute Gasteiger partial charge is 0.217 e. The standard InChI is InChI=1S/C13H12N2O2/c1-9(16)14-7-3-4-11-5-6-13-12(8-11)15-10(2)17-13/h5-6,8H,7H2,1-2H3,(H,14,16). The fourth-order valence-electron chi connectivity index (χ4n) is 1.44. The molecule has 0 spiro atoms. The Kier molecular flexibility index (Phi) is 3.10. The summed E-state index contributed by atoms with van der Waals surface area (Å²) < 4.78 is 5.36. The SMILES string of the molecule is CC(=O)NCC#Cc1ccc2oc(C)nc2c1. The fraction of sp³-hybridized carbons (Fsp3) is 0.231. The second-order valence-electron chi connectivity index (χ2n) is 3.63. The van der Waals surface area contributed by atoms with Crippen LogP contribution in [0.5, 0.6) is 0 Å². The quantitative estimate of drug-likeness (QED) is 0.755. The summed E-state index contributed by atoms with van der Waals surface area (Å²) in [6, 6.07) is 5.58. The van der Waals surface area contributed by atoms with Crippen LogP contribution in [0.4, 0.5) is 0 Å². The van der Waals surface area contributed by atoms with E-state index in [9.17, 15) is 4.79 Å². The third-order valence-corrected chi connectivity index (χ3v) is 2.15. The van der Waals surface area contributed by atoms with Crippen LogP contribution in [0, 0.1) is 18.8 Å². The highest BCUT2D eigenvalue weighted by atomic mass is 16.3. The van der Waals surface area contributed by atoms with E-state index < -0.39 is 0 Å². The molecular weight excluding hydrogens is 216 g/mol. The molecule has 0 fully saturated rings. The van der Waals surface area contributed by atoms with Crippen molar-refractivity contribution >= 4 is 17.0 Å². The third-order valence-electron chi connectivity index (χ3n) is 2.15. The Morgan fingerprint density at radius 3 is 3.12 bits per heavy atom. The average Bonchev–Trinajstić information content (AvgIpc) is 2.63. The molecule has 1 amide bonds. The third kappa shape index (κ3) is 2.85.